The number of fused-ring (bicyclic) bond motifs is 5. The minimum atomic E-state index is -0.223. The molecule has 0 unspecified atom stereocenters. The molecule has 0 aromatic rings. The molecule has 4 nitrogen and oxygen atoms in total. The number of hydrogen-bond acceptors (Lipinski definition) is 4. The van der Waals surface area contributed by atoms with Gasteiger partial charge >= 0.3 is 5.97 Å². The number of unbranched alkanes of at least 4 members (excludes halogenated alkanes) is 1. The first-order chi connectivity index (χ1) is 13.3. The van der Waals surface area contributed by atoms with E-state index < -0.39 is 0 Å². The fraction of sp³-hybridized carbons (Fsp3) is 0.917. The lowest BCUT2D eigenvalue weighted by Gasteiger charge is -2.59. The Bertz CT molecular complexity index is 630. The molecule has 4 rings (SSSR count). The van der Waals surface area contributed by atoms with Gasteiger partial charge < -0.3 is 9.84 Å². The standard InChI is InChI=1S/C24H38O4/c1-4-5-12-28-22(27)19-9-8-18-17-7-6-15-13-16(25)10-11-23(15,2)21(17)20(26)14-24(18,19)3/h15-19,21,25H,4-14H2,1-3H3/t15-,16+,17-,18-,19+,21+,23-,24-/m0/s1. The molecule has 8 atom stereocenters. The Morgan fingerprint density at radius 1 is 1.14 bits per heavy atom. The van der Waals surface area contributed by atoms with Crippen LogP contribution in [-0.4, -0.2) is 29.6 Å². The number of carbonyl (C=O) groups excluding carboxylic acids is 2. The largest absolute Gasteiger partial charge is 0.465 e. The number of hydrogen-bond donors (Lipinski definition) is 1. The van der Waals surface area contributed by atoms with E-state index in [4.69, 9.17) is 4.74 Å². The Labute approximate surface area is 169 Å². The summed E-state index contributed by atoms with van der Waals surface area (Å²) >= 11 is 0. The average Bonchev–Trinajstić information content (AvgIpc) is 2.98. The van der Waals surface area contributed by atoms with Crippen molar-refractivity contribution in [1.82, 2.24) is 0 Å². The van der Waals surface area contributed by atoms with Gasteiger partial charge in [-0.3, -0.25) is 9.59 Å². The number of aliphatic hydroxyl groups excluding tert-OH is 1. The van der Waals surface area contributed by atoms with E-state index in [1.54, 1.807) is 0 Å². The van der Waals surface area contributed by atoms with Crippen LogP contribution >= 0.6 is 0 Å². The van der Waals surface area contributed by atoms with E-state index in [0.717, 1.165) is 57.8 Å². The van der Waals surface area contributed by atoms with E-state index in [1.165, 1.54) is 0 Å². The molecule has 0 aromatic heterocycles. The van der Waals surface area contributed by atoms with Gasteiger partial charge in [0, 0.05) is 12.3 Å². The first-order valence-electron chi connectivity index (χ1n) is 11.7. The highest BCUT2D eigenvalue weighted by Gasteiger charge is 2.64. The van der Waals surface area contributed by atoms with Gasteiger partial charge in [-0.15, -0.1) is 0 Å². The number of ether oxygens (including phenoxy) is 1. The lowest BCUT2D eigenvalue weighted by atomic mass is 9.44. The van der Waals surface area contributed by atoms with Gasteiger partial charge in [0.25, 0.3) is 0 Å². The summed E-state index contributed by atoms with van der Waals surface area (Å²) in [5.41, 5.74) is -0.181. The summed E-state index contributed by atoms with van der Waals surface area (Å²) in [5, 5.41) is 10.2. The Balaban J connectivity index is 1.56. The van der Waals surface area contributed by atoms with Gasteiger partial charge in [0.2, 0.25) is 0 Å². The first-order valence-corrected chi connectivity index (χ1v) is 11.7. The normalized spacial score (nSPS) is 47.8. The molecule has 4 heteroatoms. The van der Waals surface area contributed by atoms with Crippen molar-refractivity contribution in [2.45, 2.75) is 91.1 Å². The van der Waals surface area contributed by atoms with Gasteiger partial charge in [-0.25, -0.2) is 0 Å². The average molecular weight is 391 g/mol. The maximum Gasteiger partial charge on any atom is 0.309 e. The SMILES string of the molecule is CCCCOC(=O)[C@H]1CC[C@H]2[C@@H]3CC[C@H]4C[C@H](O)CC[C@]4(C)[C@H]3C(=O)C[C@]12C. The van der Waals surface area contributed by atoms with E-state index in [-0.39, 0.29) is 34.7 Å². The van der Waals surface area contributed by atoms with Crippen molar-refractivity contribution in [1.29, 1.82) is 0 Å². The molecule has 0 saturated heterocycles. The maximum atomic E-state index is 13.5. The van der Waals surface area contributed by atoms with Crippen LogP contribution in [0.25, 0.3) is 0 Å². The van der Waals surface area contributed by atoms with Crippen LogP contribution in [0.3, 0.4) is 0 Å². The summed E-state index contributed by atoms with van der Waals surface area (Å²) in [7, 11) is 0. The fourth-order valence-electron chi connectivity index (χ4n) is 7.86. The van der Waals surface area contributed by atoms with Crippen LogP contribution in [0, 0.1) is 40.4 Å². The molecule has 4 saturated carbocycles. The number of aliphatic hydroxyl groups is 1. The lowest BCUT2D eigenvalue weighted by Crippen LogP contribution is -2.58. The molecule has 4 fully saturated rings. The predicted octanol–water partition coefficient (Wildman–Crippen LogP) is 4.53. The third-order valence-corrected chi connectivity index (χ3v) is 9.35. The molecular formula is C24H38O4. The predicted molar refractivity (Wildman–Crippen MR) is 107 cm³/mol. The molecule has 28 heavy (non-hydrogen) atoms. The highest BCUT2D eigenvalue weighted by Crippen LogP contribution is 2.66. The Morgan fingerprint density at radius 3 is 2.68 bits per heavy atom. The van der Waals surface area contributed by atoms with Crippen molar-refractivity contribution in [3.05, 3.63) is 0 Å². The number of Topliss-reactive ketones (excluding diaryl/α,β-unsaturated/α-hetero) is 1. The summed E-state index contributed by atoms with van der Waals surface area (Å²) < 4.78 is 5.59. The molecule has 0 amide bonds. The van der Waals surface area contributed by atoms with Crippen molar-refractivity contribution >= 4 is 11.8 Å². The summed E-state index contributed by atoms with van der Waals surface area (Å²) in [6, 6.07) is 0. The zero-order chi connectivity index (χ0) is 20.1. The molecule has 1 N–H and O–H groups in total. The van der Waals surface area contributed by atoms with Gasteiger partial charge in [-0.2, -0.15) is 0 Å². The van der Waals surface area contributed by atoms with Crippen LogP contribution in [0.15, 0.2) is 0 Å². The second kappa shape index (κ2) is 7.41. The quantitative estimate of drug-likeness (QED) is 0.566. The molecule has 4 aliphatic carbocycles. The van der Waals surface area contributed by atoms with E-state index >= 15 is 0 Å². The van der Waals surface area contributed by atoms with Crippen LogP contribution in [0.1, 0.15) is 85.0 Å². The minimum absolute atomic E-state index is 0.0419. The lowest BCUT2D eigenvalue weighted by molar-refractivity contribution is -0.167. The third-order valence-electron chi connectivity index (χ3n) is 9.35. The molecule has 0 radical (unpaired) electrons. The molecule has 0 aromatic carbocycles. The van der Waals surface area contributed by atoms with Gasteiger partial charge in [0.1, 0.15) is 5.78 Å². The van der Waals surface area contributed by atoms with Crippen molar-refractivity contribution < 1.29 is 19.4 Å². The maximum absolute atomic E-state index is 13.5. The van der Waals surface area contributed by atoms with Gasteiger partial charge in [0.15, 0.2) is 0 Å². The van der Waals surface area contributed by atoms with Gasteiger partial charge in [-0.1, -0.05) is 27.2 Å². The highest BCUT2D eigenvalue weighted by atomic mass is 16.5. The molecule has 0 heterocycles. The van der Waals surface area contributed by atoms with Crippen molar-refractivity contribution in [3.63, 3.8) is 0 Å². The van der Waals surface area contributed by atoms with Crippen LogP contribution < -0.4 is 0 Å². The number of carbonyl (C=O) groups is 2. The number of rotatable bonds is 4. The monoisotopic (exact) mass is 390 g/mol. The zero-order valence-corrected chi connectivity index (χ0v) is 17.9. The summed E-state index contributed by atoms with van der Waals surface area (Å²) in [5.74, 6) is 1.69. The fourth-order valence-corrected chi connectivity index (χ4v) is 7.86. The molecule has 0 bridgehead atoms. The minimum Gasteiger partial charge on any atom is -0.465 e. The highest BCUT2D eigenvalue weighted by molar-refractivity contribution is 5.86. The Morgan fingerprint density at radius 2 is 1.93 bits per heavy atom. The first kappa shape index (κ1) is 20.4. The van der Waals surface area contributed by atoms with E-state index in [0.29, 0.717) is 36.6 Å². The molecule has 0 aliphatic heterocycles. The second-order valence-corrected chi connectivity index (χ2v) is 10.8. The van der Waals surface area contributed by atoms with Gasteiger partial charge in [0.05, 0.1) is 18.6 Å². The van der Waals surface area contributed by atoms with Crippen molar-refractivity contribution in [3.8, 4) is 0 Å². The molecule has 158 valence electrons. The van der Waals surface area contributed by atoms with E-state index in [2.05, 4.69) is 20.8 Å². The van der Waals surface area contributed by atoms with E-state index in [9.17, 15) is 14.7 Å². The van der Waals surface area contributed by atoms with Crippen LogP contribution in [-0.2, 0) is 14.3 Å². The Hall–Kier alpha value is -0.900. The third kappa shape index (κ3) is 3.05. The Kier molecular flexibility index (Phi) is 5.39. The number of ketones is 1. The molecule has 4 aliphatic rings. The van der Waals surface area contributed by atoms with Crippen molar-refractivity contribution in [2.75, 3.05) is 6.61 Å². The topological polar surface area (TPSA) is 63.6 Å². The number of esters is 1. The molecule has 0 spiro atoms. The van der Waals surface area contributed by atoms with Crippen molar-refractivity contribution in [2.24, 2.45) is 40.4 Å². The molecular weight excluding hydrogens is 352 g/mol. The van der Waals surface area contributed by atoms with Gasteiger partial charge in [-0.05, 0) is 80.0 Å². The van der Waals surface area contributed by atoms with Crippen LogP contribution in [0.5, 0.6) is 0 Å². The van der Waals surface area contributed by atoms with Crippen LogP contribution in [0.4, 0.5) is 0 Å². The smallest absolute Gasteiger partial charge is 0.309 e. The summed E-state index contributed by atoms with van der Waals surface area (Å²) in [4.78, 5) is 26.3. The summed E-state index contributed by atoms with van der Waals surface area (Å²) in [6.07, 6.45) is 9.09. The second-order valence-electron chi connectivity index (χ2n) is 10.8. The summed E-state index contributed by atoms with van der Waals surface area (Å²) in [6.45, 7) is 7.13. The zero-order valence-electron chi connectivity index (χ0n) is 17.9. The van der Waals surface area contributed by atoms with E-state index in [1.807, 2.05) is 0 Å². The van der Waals surface area contributed by atoms with Crippen LogP contribution in [0.2, 0.25) is 0 Å².